The molecule has 0 rings (SSSR count). The van der Waals surface area contributed by atoms with Crippen LogP contribution in [0.1, 0.15) is 6.42 Å². The molecule has 0 N–H and O–H groups in total. The molecule has 2 nitrogen and oxygen atoms in total. The molecule has 6 heavy (non-hydrogen) atoms. The Labute approximate surface area is 43.0 Å². The van der Waals surface area contributed by atoms with Gasteiger partial charge in [0, 0.05) is 0 Å². The van der Waals surface area contributed by atoms with Gasteiger partial charge in [0.1, 0.15) is 12.6 Å². The summed E-state index contributed by atoms with van der Waals surface area (Å²) in [5.41, 5.74) is 0. The van der Waals surface area contributed by atoms with Crippen LogP contribution < -0.4 is 0 Å². The van der Waals surface area contributed by atoms with E-state index >= 15 is 0 Å². The van der Waals surface area contributed by atoms with Gasteiger partial charge < -0.3 is 9.59 Å². The van der Waals surface area contributed by atoms with Gasteiger partial charge in [-0.2, -0.15) is 13.5 Å². The van der Waals surface area contributed by atoms with Crippen molar-refractivity contribution in [2.45, 2.75) is 6.42 Å². The molecule has 0 fully saturated rings. The third-order valence-electron chi connectivity index (χ3n) is 0.192. The highest BCUT2D eigenvalue weighted by atomic mass is 32.1. The summed E-state index contributed by atoms with van der Waals surface area (Å²) >= 11 is 0. The lowest BCUT2D eigenvalue weighted by atomic mass is 10.6. The van der Waals surface area contributed by atoms with E-state index in [0.717, 1.165) is 0 Å². The SMILES string of the molecule is O=CCC=O.S. The van der Waals surface area contributed by atoms with Crippen molar-refractivity contribution >= 4 is 26.1 Å². The fourth-order valence-corrected chi connectivity index (χ4v) is 0.0393. The van der Waals surface area contributed by atoms with Gasteiger partial charge in [-0.05, 0) is 0 Å². The Kier molecular flexibility index (Phi) is 13.5. The van der Waals surface area contributed by atoms with E-state index in [0.29, 0.717) is 12.6 Å². The predicted octanol–water partition coefficient (Wildman–Crippen LogP) is -0.113. The first kappa shape index (κ1) is 9.19. The number of carbonyl (C=O) groups excluding carboxylic acids is 2. The maximum Gasteiger partial charge on any atom is 0.127 e. The topological polar surface area (TPSA) is 34.1 Å². The molecule has 0 aromatic carbocycles. The van der Waals surface area contributed by atoms with Crippen molar-refractivity contribution in [3.63, 3.8) is 0 Å². The van der Waals surface area contributed by atoms with Crippen molar-refractivity contribution in [2.24, 2.45) is 0 Å². The number of hydrogen-bond acceptors (Lipinski definition) is 2. The Bertz CT molecular complexity index is 38.1. The summed E-state index contributed by atoms with van der Waals surface area (Å²) < 4.78 is 0. The summed E-state index contributed by atoms with van der Waals surface area (Å²) in [6.45, 7) is 0. The average Bonchev–Trinajstić information content (AvgIpc) is 1.41. The molecule has 0 radical (unpaired) electrons. The van der Waals surface area contributed by atoms with E-state index in [9.17, 15) is 9.59 Å². The zero-order valence-electron chi connectivity index (χ0n) is 3.18. The second-order valence-electron chi connectivity index (χ2n) is 0.569. The van der Waals surface area contributed by atoms with Gasteiger partial charge in [-0.3, -0.25) is 0 Å². The molecule has 3 heteroatoms. The fraction of sp³-hybridized carbons (Fsp3) is 0.333. The van der Waals surface area contributed by atoms with Crippen LogP contribution in [0.4, 0.5) is 0 Å². The Balaban J connectivity index is 0. The van der Waals surface area contributed by atoms with E-state index in [1.165, 1.54) is 0 Å². The molecule has 0 aromatic heterocycles. The number of rotatable bonds is 2. The van der Waals surface area contributed by atoms with Crippen LogP contribution in [0.3, 0.4) is 0 Å². The smallest absolute Gasteiger partial charge is 0.127 e. The number of aldehydes is 2. The first-order valence-corrected chi connectivity index (χ1v) is 1.29. The molecule has 0 amide bonds. The van der Waals surface area contributed by atoms with Gasteiger partial charge in [0.2, 0.25) is 0 Å². The highest BCUT2D eigenvalue weighted by molar-refractivity contribution is 7.59. The van der Waals surface area contributed by atoms with Gasteiger partial charge in [-0.1, -0.05) is 0 Å². The zero-order chi connectivity index (χ0) is 4.12. The Morgan fingerprint density at radius 1 is 1.17 bits per heavy atom. The van der Waals surface area contributed by atoms with Crippen LogP contribution in [0, 0.1) is 0 Å². The van der Waals surface area contributed by atoms with Crippen molar-refractivity contribution in [1.82, 2.24) is 0 Å². The molecule has 0 heterocycles. The summed E-state index contributed by atoms with van der Waals surface area (Å²) in [5.74, 6) is 0. The molecule has 0 saturated heterocycles. The number of hydrogen-bond donors (Lipinski definition) is 0. The molecular formula is C3H6O2S. The van der Waals surface area contributed by atoms with Gasteiger partial charge in [-0.25, -0.2) is 0 Å². The second kappa shape index (κ2) is 8.83. The van der Waals surface area contributed by atoms with Crippen LogP contribution in [0.5, 0.6) is 0 Å². The first-order valence-electron chi connectivity index (χ1n) is 1.29. The fourth-order valence-electron chi connectivity index (χ4n) is 0.0393. The molecular weight excluding hydrogens is 100 g/mol. The molecule has 0 aromatic rings. The van der Waals surface area contributed by atoms with Gasteiger partial charge in [-0.15, -0.1) is 0 Å². The lowest BCUT2D eigenvalue weighted by molar-refractivity contribution is -0.114. The molecule has 0 aliphatic carbocycles. The predicted molar refractivity (Wildman–Crippen MR) is 27.1 cm³/mol. The molecule has 0 saturated carbocycles. The minimum Gasteiger partial charge on any atom is -0.303 e. The van der Waals surface area contributed by atoms with Crippen molar-refractivity contribution in [1.29, 1.82) is 0 Å². The van der Waals surface area contributed by atoms with Gasteiger partial charge in [0.15, 0.2) is 0 Å². The molecule has 0 aliphatic rings. The van der Waals surface area contributed by atoms with Crippen molar-refractivity contribution in [2.75, 3.05) is 0 Å². The van der Waals surface area contributed by atoms with Crippen LogP contribution in [0.15, 0.2) is 0 Å². The monoisotopic (exact) mass is 106 g/mol. The highest BCUT2D eigenvalue weighted by Gasteiger charge is 1.65. The molecule has 0 aliphatic heterocycles. The van der Waals surface area contributed by atoms with Crippen molar-refractivity contribution < 1.29 is 9.59 Å². The maximum atomic E-state index is 9.17. The van der Waals surface area contributed by atoms with E-state index in [1.807, 2.05) is 0 Å². The standard InChI is InChI=1S/C3H4O2.H2S/c4-2-1-3-5;/h2-3H,1H2;1H2. The van der Waals surface area contributed by atoms with Crippen LogP contribution in [-0.2, 0) is 9.59 Å². The van der Waals surface area contributed by atoms with E-state index in [4.69, 9.17) is 0 Å². The zero-order valence-corrected chi connectivity index (χ0v) is 4.18. The van der Waals surface area contributed by atoms with Gasteiger partial charge in [0.05, 0.1) is 6.42 Å². The molecule has 36 valence electrons. The second-order valence-corrected chi connectivity index (χ2v) is 0.569. The van der Waals surface area contributed by atoms with Crippen LogP contribution in [-0.4, -0.2) is 12.6 Å². The summed E-state index contributed by atoms with van der Waals surface area (Å²) in [4.78, 5) is 18.3. The van der Waals surface area contributed by atoms with Crippen LogP contribution in [0.25, 0.3) is 0 Å². The third-order valence-corrected chi connectivity index (χ3v) is 0.192. The summed E-state index contributed by atoms with van der Waals surface area (Å²) in [6.07, 6.45) is 1.15. The normalized spacial score (nSPS) is 5.33. The van der Waals surface area contributed by atoms with Gasteiger partial charge in [0.25, 0.3) is 0 Å². The van der Waals surface area contributed by atoms with Gasteiger partial charge >= 0.3 is 0 Å². The molecule has 0 bridgehead atoms. The lowest BCUT2D eigenvalue weighted by Crippen LogP contribution is -1.69. The number of carbonyl (C=O) groups is 2. The Morgan fingerprint density at radius 2 is 1.50 bits per heavy atom. The Hall–Kier alpha value is -0.310. The van der Waals surface area contributed by atoms with E-state index < -0.39 is 0 Å². The maximum absolute atomic E-state index is 9.17. The van der Waals surface area contributed by atoms with E-state index in [-0.39, 0.29) is 19.9 Å². The first-order chi connectivity index (χ1) is 2.41. The van der Waals surface area contributed by atoms with E-state index in [2.05, 4.69) is 0 Å². The molecule has 0 atom stereocenters. The average molecular weight is 106 g/mol. The van der Waals surface area contributed by atoms with E-state index in [1.54, 1.807) is 0 Å². The minimum atomic E-state index is 0. The lowest BCUT2D eigenvalue weighted by Gasteiger charge is -1.53. The quantitative estimate of drug-likeness (QED) is 0.363. The largest absolute Gasteiger partial charge is 0.303 e. The summed E-state index contributed by atoms with van der Waals surface area (Å²) in [6, 6.07) is 0. The molecule has 0 spiro atoms. The molecule has 0 unspecified atom stereocenters. The summed E-state index contributed by atoms with van der Waals surface area (Å²) in [5, 5.41) is 0. The Morgan fingerprint density at radius 3 is 1.50 bits per heavy atom. The van der Waals surface area contributed by atoms with Crippen molar-refractivity contribution in [3.8, 4) is 0 Å². The third kappa shape index (κ3) is 9.35. The van der Waals surface area contributed by atoms with Crippen LogP contribution >= 0.6 is 13.5 Å². The highest BCUT2D eigenvalue weighted by Crippen LogP contribution is 1.50. The summed E-state index contributed by atoms with van der Waals surface area (Å²) in [7, 11) is 0. The van der Waals surface area contributed by atoms with Crippen LogP contribution in [0.2, 0.25) is 0 Å². The van der Waals surface area contributed by atoms with Crippen molar-refractivity contribution in [3.05, 3.63) is 0 Å². The minimum absolute atomic E-state index is 0.